The average Bonchev–Trinajstić information content (AvgIpc) is 2.87. The fourth-order valence-electron chi connectivity index (χ4n) is 1.35. The Balaban J connectivity index is 0.000000861. The van der Waals surface area contributed by atoms with Gasteiger partial charge < -0.3 is 10.5 Å². The number of H-pyrrole nitrogens is 1. The van der Waals surface area contributed by atoms with Crippen LogP contribution in [0.25, 0.3) is 0 Å². The zero-order chi connectivity index (χ0) is 14.3. The highest BCUT2D eigenvalue weighted by Crippen LogP contribution is 2.27. The predicted octanol–water partition coefficient (Wildman–Crippen LogP) is 3.21. The van der Waals surface area contributed by atoms with E-state index in [1.54, 1.807) is 18.2 Å². The molecule has 1 aromatic carbocycles. The van der Waals surface area contributed by atoms with Gasteiger partial charge in [-0.05, 0) is 18.2 Å². The van der Waals surface area contributed by atoms with Crippen LogP contribution in [0.4, 0.5) is 0 Å². The number of nitrogens with two attached hydrogens (primary N) is 1. The van der Waals surface area contributed by atoms with Crippen molar-refractivity contribution in [3.8, 4) is 17.6 Å². The molecule has 0 aliphatic carbocycles. The van der Waals surface area contributed by atoms with Crippen LogP contribution >= 0.6 is 11.6 Å². The van der Waals surface area contributed by atoms with Gasteiger partial charge in [-0.25, -0.2) is 0 Å². The van der Waals surface area contributed by atoms with Crippen LogP contribution in [0.15, 0.2) is 24.4 Å². The summed E-state index contributed by atoms with van der Waals surface area (Å²) in [5, 5.41) is 15.8. The lowest BCUT2D eigenvalue weighted by atomic mass is 10.2. The quantitative estimate of drug-likeness (QED) is 0.902. The van der Waals surface area contributed by atoms with Crippen LogP contribution in [0.2, 0.25) is 5.02 Å². The fraction of sp³-hybridized carbons (Fsp3) is 0.231. The lowest BCUT2D eigenvalue weighted by Crippen LogP contribution is -1.98. The van der Waals surface area contributed by atoms with E-state index < -0.39 is 0 Å². The van der Waals surface area contributed by atoms with Crippen LogP contribution in [-0.2, 0) is 6.54 Å². The molecule has 0 saturated carbocycles. The first kappa shape index (κ1) is 15.0. The zero-order valence-electron chi connectivity index (χ0n) is 10.8. The van der Waals surface area contributed by atoms with Crippen LogP contribution in [0.3, 0.4) is 0 Å². The van der Waals surface area contributed by atoms with Crippen LogP contribution in [0.5, 0.6) is 11.5 Å². The SMILES string of the molecule is CC.N#Cc1cc(Cl)cc(Oc2cn[nH]c2CN)c1. The summed E-state index contributed by atoms with van der Waals surface area (Å²) in [5.74, 6) is 1.00. The molecule has 0 radical (unpaired) electrons. The summed E-state index contributed by atoms with van der Waals surface area (Å²) in [6, 6.07) is 6.78. The number of hydrogen-bond donors (Lipinski definition) is 2. The van der Waals surface area contributed by atoms with Crippen molar-refractivity contribution >= 4 is 11.6 Å². The molecule has 3 N–H and O–H groups in total. The molecule has 0 aliphatic rings. The van der Waals surface area contributed by atoms with Gasteiger partial charge in [0.25, 0.3) is 0 Å². The van der Waals surface area contributed by atoms with Gasteiger partial charge in [0.15, 0.2) is 5.75 Å². The molecule has 0 spiro atoms. The van der Waals surface area contributed by atoms with Crippen molar-refractivity contribution in [2.45, 2.75) is 20.4 Å². The number of aromatic amines is 1. The second-order valence-corrected chi connectivity index (χ2v) is 3.74. The number of aromatic nitrogens is 2. The second-order valence-electron chi connectivity index (χ2n) is 3.31. The van der Waals surface area contributed by atoms with E-state index in [2.05, 4.69) is 10.2 Å². The summed E-state index contributed by atoms with van der Waals surface area (Å²) in [5.41, 5.74) is 6.62. The van der Waals surface area contributed by atoms with Crippen molar-refractivity contribution in [3.63, 3.8) is 0 Å². The first-order valence-corrected chi connectivity index (χ1v) is 6.21. The normalized spacial score (nSPS) is 9.21. The predicted molar refractivity (Wildman–Crippen MR) is 74.1 cm³/mol. The van der Waals surface area contributed by atoms with Gasteiger partial charge >= 0.3 is 0 Å². The molecule has 0 amide bonds. The van der Waals surface area contributed by atoms with E-state index >= 15 is 0 Å². The van der Waals surface area contributed by atoms with Gasteiger partial charge in [0.2, 0.25) is 0 Å². The second kappa shape index (κ2) is 7.41. The number of ether oxygens (including phenoxy) is 1. The van der Waals surface area contributed by atoms with Gasteiger partial charge in [0, 0.05) is 11.6 Å². The van der Waals surface area contributed by atoms with Crippen LogP contribution < -0.4 is 10.5 Å². The van der Waals surface area contributed by atoms with Crippen molar-refractivity contribution in [2.24, 2.45) is 5.73 Å². The molecule has 0 unspecified atom stereocenters. The molecule has 0 aliphatic heterocycles. The number of nitriles is 1. The van der Waals surface area contributed by atoms with Crippen molar-refractivity contribution in [1.29, 1.82) is 5.26 Å². The Labute approximate surface area is 117 Å². The van der Waals surface area contributed by atoms with E-state index in [-0.39, 0.29) is 0 Å². The third-order valence-electron chi connectivity index (χ3n) is 2.11. The monoisotopic (exact) mass is 278 g/mol. The van der Waals surface area contributed by atoms with E-state index in [1.165, 1.54) is 6.20 Å². The molecule has 0 saturated heterocycles. The largest absolute Gasteiger partial charge is 0.454 e. The molecule has 2 rings (SSSR count). The third kappa shape index (κ3) is 3.98. The summed E-state index contributed by atoms with van der Waals surface area (Å²) in [6.45, 7) is 4.29. The number of nitrogens with one attached hydrogen (secondary N) is 1. The number of benzene rings is 1. The Morgan fingerprint density at radius 3 is 2.79 bits per heavy atom. The maximum atomic E-state index is 8.81. The molecular formula is C13H15ClN4O. The molecule has 1 aromatic heterocycles. The molecule has 5 nitrogen and oxygen atoms in total. The van der Waals surface area contributed by atoms with Crippen molar-refractivity contribution in [2.75, 3.05) is 0 Å². The van der Waals surface area contributed by atoms with Crippen LogP contribution in [-0.4, -0.2) is 10.2 Å². The number of rotatable bonds is 3. The van der Waals surface area contributed by atoms with Gasteiger partial charge in [-0.3, -0.25) is 5.10 Å². The molecule has 2 aromatic rings. The topological polar surface area (TPSA) is 87.7 Å². The molecule has 0 bridgehead atoms. The Morgan fingerprint density at radius 2 is 2.16 bits per heavy atom. The first-order chi connectivity index (χ1) is 9.22. The average molecular weight is 279 g/mol. The minimum Gasteiger partial charge on any atom is -0.454 e. The molecule has 0 atom stereocenters. The molecule has 0 fully saturated rings. The lowest BCUT2D eigenvalue weighted by Gasteiger charge is -2.05. The van der Waals surface area contributed by atoms with Crippen LogP contribution in [0, 0.1) is 11.3 Å². The fourth-order valence-corrected chi connectivity index (χ4v) is 1.57. The van der Waals surface area contributed by atoms with Crippen molar-refractivity contribution in [3.05, 3.63) is 40.7 Å². The Bertz CT molecular complexity index is 574. The van der Waals surface area contributed by atoms with E-state index in [1.807, 2.05) is 19.9 Å². The van der Waals surface area contributed by atoms with Gasteiger partial charge in [0.05, 0.1) is 23.5 Å². The molecule has 6 heteroatoms. The van der Waals surface area contributed by atoms with E-state index in [0.717, 1.165) is 0 Å². The van der Waals surface area contributed by atoms with E-state index in [4.69, 9.17) is 27.3 Å². The number of nitrogens with zero attached hydrogens (tertiary/aromatic N) is 2. The lowest BCUT2D eigenvalue weighted by molar-refractivity contribution is 0.476. The Morgan fingerprint density at radius 1 is 1.42 bits per heavy atom. The highest BCUT2D eigenvalue weighted by atomic mass is 35.5. The minimum absolute atomic E-state index is 0.293. The minimum atomic E-state index is 0.293. The summed E-state index contributed by atoms with van der Waals surface area (Å²) in [4.78, 5) is 0. The number of hydrogen-bond acceptors (Lipinski definition) is 4. The van der Waals surface area contributed by atoms with Crippen molar-refractivity contribution < 1.29 is 4.74 Å². The standard InChI is InChI=1S/C11H9ClN4O.C2H6/c12-8-1-7(4-13)2-9(3-8)17-11-6-15-16-10(11)5-14;1-2/h1-3,6H,5,14H2,(H,15,16);1-2H3. The summed E-state index contributed by atoms with van der Waals surface area (Å²) in [7, 11) is 0. The highest BCUT2D eigenvalue weighted by Gasteiger charge is 2.07. The third-order valence-corrected chi connectivity index (χ3v) is 2.33. The Hall–Kier alpha value is -2.03. The van der Waals surface area contributed by atoms with Crippen LogP contribution in [0.1, 0.15) is 25.1 Å². The zero-order valence-corrected chi connectivity index (χ0v) is 11.5. The Kier molecular flexibility index (Phi) is 5.86. The summed E-state index contributed by atoms with van der Waals surface area (Å²) in [6.07, 6.45) is 1.52. The maximum Gasteiger partial charge on any atom is 0.169 e. The number of halogens is 1. The first-order valence-electron chi connectivity index (χ1n) is 5.84. The van der Waals surface area contributed by atoms with Crippen molar-refractivity contribution in [1.82, 2.24) is 10.2 Å². The smallest absolute Gasteiger partial charge is 0.169 e. The van der Waals surface area contributed by atoms with E-state index in [9.17, 15) is 0 Å². The van der Waals surface area contributed by atoms with Gasteiger partial charge in [-0.2, -0.15) is 10.4 Å². The molecule has 19 heavy (non-hydrogen) atoms. The van der Waals surface area contributed by atoms with E-state index in [0.29, 0.717) is 34.3 Å². The molecule has 1 heterocycles. The van der Waals surface area contributed by atoms with Gasteiger partial charge in [-0.15, -0.1) is 0 Å². The summed E-state index contributed by atoms with van der Waals surface area (Å²) < 4.78 is 5.55. The molecule has 100 valence electrons. The van der Waals surface area contributed by atoms with Gasteiger partial charge in [-0.1, -0.05) is 25.4 Å². The highest BCUT2D eigenvalue weighted by molar-refractivity contribution is 6.30. The maximum absolute atomic E-state index is 8.81. The summed E-state index contributed by atoms with van der Waals surface area (Å²) >= 11 is 5.86. The van der Waals surface area contributed by atoms with Gasteiger partial charge in [0.1, 0.15) is 5.75 Å². The molecular weight excluding hydrogens is 264 g/mol.